The Morgan fingerprint density at radius 3 is 2.43 bits per heavy atom. The third-order valence-corrected chi connectivity index (χ3v) is 2.10. The summed E-state index contributed by atoms with van der Waals surface area (Å²) in [6.45, 7) is 3.86. The van der Waals surface area contributed by atoms with Gasteiger partial charge in [0.25, 0.3) is 5.92 Å². The Labute approximate surface area is 81.0 Å². The molecule has 2 nitrogen and oxygen atoms in total. The zero-order valence-corrected chi connectivity index (χ0v) is 8.27. The molecule has 1 heterocycles. The van der Waals surface area contributed by atoms with Crippen LogP contribution in [0, 0.1) is 13.8 Å². The number of aromatic nitrogens is 1. The van der Waals surface area contributed by atoms with Crippen LogP contribution >= 0.6 is 0 Å². The van der Waals surface area contributed by atoms with E-state index in [1.165, 1.54) is 13.1 Å². The van der Waals surface area contributed by atoms with Crippen LogP contribution in [0.1, 0.15) is 34.1 Å². The first-order chi connectivity index (χ1) is 6.38. The number of alkyl halides is 2. The number of aldehydes is 1. The van der Waals surface area contributed by atoms with Gasteiger partial charge in [-0.3, -0.25) is 9.78 Å². The fraction of sp³-hybridized carbons (Fsp3) is 0.400. The Bertz CT molecular complexity index is 369. The van der Waals surface area contributed by atoms with Gasteiger partial charge in [-0.15, -0.1) is 0 Å². The van der Waals surface area contributed by atoms with Crippen molar-refractivity contribution < 1.29 is 13.6 Å². The van der Waals surface area contributed by atoms with E-state index in [1.54, 1.807) is 6.92 Å². The van der Waals surface area contributed by atoms with Gasteiger partial charge in [-0.2, -0.15) is 0 Å². The van der Waals surface area contributed by atoms with E-state index >= 15 is 0 Å². The molecule has 0 saturated heterocycles. The molecular weight excluding hydrogens is 188 g/mol. The van der Waals surface area contributed by atoms with Gasteiger partial charge in [-0.05, 0) is 25.0 Å². The molecule has 76 valence electrons. The van der Waals surface area contributed by atoms with Crippen LogP contribution in [0.15, 0.2) is 6.20 Å². The van der Waals surface area contributed by atoms with Gasteiger partial charge in [-0.25, -0.2) is 8.78 Å². The highest BCUT2D eigenvalue weighted by molar-refractivity contribution is 5.75. The van der Waals surface area contributed by atoms with E-state index in [0.29, 0.717) is 11.8 Å². The van der Waals surface area contributed by atoms with Gasteiger partial charge >= 0.3 is 0 Å². The smallest absolute Gasteiger partial charge is 0.271 e. The Hall–Kier alpha value is -1.32. The van der Waals surface area contributed by atoms with Crippen LogP contribution in [0.3, 0.4) is 0 Å². The Morgan fingerprint density at radius 2 is 2.00 bits per heavy atom. The van der Waals surface area contributed by atoms with Crippen molar-refractivity contribution in [2.75, 3.05) is 0 Å². The molecule has 0 radical (unpaired) electrons. The molecule has 0 atom stereocenters. The lowest BCUT2D eigenvalue weighted by Gasteiger charge is -2.17. The molecular formula is C10H11F2NO. The lowest BCUT2D eigenvalue weighted by molar-refractivity contribution is 0.0160. The number of carbonyl (C=O) groups is 1. The Kier molecular flexibility index (Phi) is 2.64. The summed E-state index contributed by atoms with van der Waals surface area (Å²) >= 11 is 0. The highest BCUT2D eigenvalue weighted by Crippen LogP contribution is 2.32. The van der Waals surface area contributed by atoms with Gasteiger partial charge in [0.15, 0.2) is 6.29 Å². The van der Waals surface area contributed by atoms with Gasteiger partial charge in [0.2, 0.25) is 0 Å². The summed E-state index contributed by atoms with van der Waals surface area (Å²) in [5.41, 5.74) is 0.634. The van der Waals surface area contributed by atoms with Crippen LogP contribution in [0.25, 0.3) is 0 Å². The fourth-order valence-corrected chi connectivity index (χ4v) is 1.55. The molecule has 1 aromatic heterocycles. The van der Waals surface area contributed by atoms with Crippen LogP contribution in [0.2, 0.25) is 0 Å². The molecule has 0 spiro atoms. The minimum absolute atomic E-state index is 0.0760. The molecule has 1 rings (SSSR count). The lowest BCUT2D eigenvalue weighted by atomic mass is 9.99. The third kappa shape index (κ3) is 1.78. The largest absolute Gasteiger partial charge is 0.296 e. The molecule has 0 N–H and O–H groups in total. The zero-order valence-electron chi connectivity index (χ0n) is 8.27. The molecule has 0 aliphatic rings. The highest BCUT2D eigenvalue weighted by atomic mass is 19.3. The van der Waals surface area contributed by atoms with Gasteiger partial charge in [-0.1, -0.05) is 0 Å². The van der Waals surface area contributed by atoms with Gasteiger partial charge in [0.05, 0.1) is 0 Å². The summed E-state index contributed by atoms with van der Waals surface area (Å²) in [6.07, 6.45) is 1.79. The molecule has 4 heteroatoms. The van der Waals surface area contributed by atoms with E-state index in [2.05, 4.69) is 4.98 Å². The minimum Gasteiger partial charge on any atom is -0.296 e. The number of hydrogen-bond acceptors (Lipinski definition) is 2. The predicted octanol–water partition coefficient (Wildman–Crippen LogP) is 2.62. The van der Waals surface area contributed by atoms with E-state index in [4.69, 9.17) is 0 Å². The molecule has 0 fully saturated rings. The van der Waals surface area contributed by atoms with E-state index in [0.717, 1.165) is 6.92 Å². The summed E-state index contributed by atoms with van der Waals surface area (Å²) in [7, 11) is 0. The summed E-state index contributed by atoms with van der Waals surface area (Å²) in [5.74, 6) is -2.94. The SMILES string of the molecule is Cc1cnc(C=O)c(C)c1C(C)(F)F. The molecule has 0 aliphatic heterocycles. The van der Waals surface area contributed by atoms with Crippen molar-refractivity contribution in [3.05, 3.63) is 28.6 Å². The average Bonchev–Trinajstić information content (AvgIpc) is 2.02. The molecule has 0 saturated carbocycles. The van der Waals surface area contributed by atoms with Crippen molar-refractivity contribution in [3.63, 3.8) is 0 Å². The van der Waals surface area contributed by atoms with Crippen LogP contribution in [-0.4, -0.2) is 11.3 Å². The number of aryl methyl sites for hydroxylation is 1. The number of carbonyl (C=O) groups excluding carboxylic acids is 1. The first kappa shape index (κ1) is 10.8. The second-order valence-corrected chi connectivity index (χ2v) is 3.33. The third-order valence-electron chi connectivity index (χ3n) is 2.10. The molecule has 14 heavy (non-hydrogen) atoms. The standard InChI is InChI=1S/C10H11F2NO/c1-6-4-13-8(5-14)7(2)9(6)10(3,11)12/h4-5H,1-3H3. The zero-order chi connectivity index (χ0) is 10.9. The Morgan fingerprint density at radius 1 is 1.43 bits per heavy atom. The second-order valence-electron chi connectivity index (χ2n) is 3.33. The monoisotopic (exact) mass is 199 g/mol. The van der Waals surface area contributed by atoms with Crippen LogP contribution < -0.4 is 0 Å². The topological polar surface area (TPSA) is 30.0 Å². The molecule has 0 bridgehead atoms. The molecule has 1 aromatic rings. The summed E-state index contributed by atoms with van der Waals surface area (Å²) in [6, 6.07) is 0. The van der Waals surface area contributed by atoms with Crippen molar-refractivity contribution in [2.24, 2.45) is 0 Å². The molecule has 0 unspecified atom stereocenters. The number of hydrogen-bond donors (Lipinski definition) is 0. The number of rotatable bonds is 2. The van der Waals surface area contributed by atoms with Crippen LogP contribution in [0.5, 0.6) is 0 Å². The first-order valence-corrected chi connectivity index (χ1v) is 4.17. The number of halogens is 2. The summed E-state index contributed by atoms with van der Waals surface area (Å²) in [5, 5.41) is 0. The molecule has 0 aromatic carbocycles. The van der Waals surface area contributed by atoms with Gasteiger partial charge in [0, 0.05) is 18.7 Å². The van der Waals surface area contributed by atoms with Crippen LogP contribution in [-0.2, 0) is 5.92 Å². The van der Waals surface area contributed by atoms with Gasteiger partial charge < -0.3 is 0 Å². The van der Waals surface area contributed by atoms with Crippen molar-refractivity contribution in [1.82, 2.24) is 4.98 Å². The average molecular weight is 199 g/mol. The van der Waals surface area contributed by atoms with E-state index in [9.17, 15) is 13.6 Å². The van der Waals surface area contributed by atoms with E-state index < -0.39 is 5.92 Å². The molecule has 0 amide bonds. The van der Waals surface area contributed by atoms with E-state index in [1.807, 2.05) is 0 Å². The summed E-state index contributed by atoms with van der Waals surface area (Å²) in [4.78, 5) is 14.3. The molecule has 0 aliphatic carbocycles. The van der Waals surface area contributed by atoms with Crippen molar-refractivity contribution in [3.8, 4) is 0 Å². The predicted molar refractivity (Wildman–Crippen MR) is 48.7 cm³/mol. The fourth-order valence-electron chi connectivity index (χ4n) is 1.55. The Balaban J connectivity index is 3.48. The van der Waals surface area contributed by atoms with Crippen LogP contribution in [0.4, 0.5) is 8.78 Å². The first-order valence-electron chi connectivity index (χ1n) is 4.17. The highest BCUT2D eigenvalue weighted by Gasteiger charge is 2.29. The van der Waals surface area contributed by atoms with Gasteiger partial charge in [0.1, 0.15) is 5.69 Å². The van der Waals surface area contributed by atoms with Crippen molar-refractivity contribution in [1.29, 1.82) is 0 Å². The second kappa shape index (κ2) is 3.44. The minimum atomic E-state index is -2.94. The maximum atomic E-state index is 13.1. The maximum absolute atomic E-state index is 13.1. The summed E-state index contributed by atoms with van der Waals surface area (Å²) < 4.78 is 26.3. The van der Waals surface area contributed by atoms with Crippen molar-refractivity contribution >= 4 is 6.29 Å². The quantitative estimate of drug-likeness (QED) is 0.685. The van der Waals surface area contributed by atoms with Crippen molar-refractivity contribution in [2.45, 2.75) is 26.7 Å². The van der Waals surface area contributed by atoms with E-state index in [-0.39, 0.29) is 16.8 Å². The number of nitrogens with zero attached hydrogens (tertiary/aromatic N) is 1. The maximum Gasteiger partial charge on any atom is 0.271 e. The number of pyridine rings is 1. The lowest BCUT2D eigenvalue weighted by Crippen LogP contribution is -2.14. The normalized spacial score (nSPS) is 11.5.